The van der Waals surface area contributed by atoms with Crippen molar-refractivity contribution in [2.75, 3.05) is 0 Å². The van der Waals surface area contributed by atoms with E-state index < -0.39 is 0 Å². The molecule has 4 nitrogen and oxygen atoms in total. The van der Waals surface area contributed by atoms with Crippen LogP contribution in [0.5, 0.6) is 0 Å². The van der Waals surface area contributed by atoms with Gasteiger partial charge in [0.05, 0.1) is 0 Å². The highest BCUT2D eigenvalue weighted by atomic mass is 16.2. The predicted octanol–water partition coefficient (Wildman–Crippen LogP) is 2.33. The molecular formula is C16H28N2O2. The molecule has 0 spiro atoms. The molecule has 2 unspecified atom stereocenters. The van der Waals surface area contributed by atoms with Gasteiger partial charge in [0.1, 0.15) is 12.1 Å². The third-order valence-corrected chi connectivity index (χ3v) is 5.18. The number of amides is 2. The summed E-state index contributed by atoms with van der Waals surface area (Å²) < 4.78 is 0. The molecule has 1 saturated heterocycles. The second-order valence-corrected chi connectivity index (χ2v) is 6.92. The average Bonchev–Trinajstić information content (AvgIpc) is 3.23. The van der Waals surface area contributed by atoms with Crippen LogP contribution in [0.4, 0.5) is 0 Å². The van der Waals surface area contributed by atoms with Crippen molar-refractivity contribution in [2.45, 2.75) is 77.9 Å². The molecule has 0 aromatic heterocycles. The van der Waals surface area contributed by atoms with Crippen molar-refractivity contribution in [3.8, 4) is 0 Å². The summed E-state index contributed by atoms with van der Waals surface area (Å²) in [4.78, 5) is 27.4. The summed E-state index contributed by atoms with van der Waals surface area (Å²) in [6.07, 6.45) is 3.88. The maximum atomic E-state index is 12.9. The van der Waals surface area contributed by atoms with E-state index in [1.54, 1.807) is 0 Å². The largest absolute Gasteiger partial charge is 0.342 e. The SMILES string of the molecule is CCC(C)(CC)N1C(=O)C(C2CC2)NC(=O)C1C(C)C. The van der Waals surface area contributed by atoms with E-state index in [9.17, 15) is 9.59 Å². The zero-order valence-electron chi connectivity index (χ0n) is 13.4. The van der Waals surface area contributed by atoms with Crippen molar-refractivity contribution in [2.24, 2.45) is 11.8 Å². The van der Waals surface area contributed by atoms with Gasteiger partial charge in [-0.1, -0.05) is 27.7 Å². The first kappa shape index (κ1) is 15.3. The Hall–Kier alpha value is -1.06. The highest BCUT2D eigenvalue weighted by molar-refractivity contribution is 5.98. The van der Waals surface area contributed by atoms with Gasteiger partial charge in [-0.3, -0.25) is 9.59 Å². The molecule has 1 N–H and O–H groups in total. The highest BCUT2D eigenvalue weighted by Crippen LogP contribution is 2.39. The maximum Gasteiger partial charge on any atom is 0.246 e. The van der Waals surface area contributed by atoms with Gasteiger partial charge in [0, 0.05) is 5.54 Å². The standard InChI is InChI=1S/C16H28N2O2/c1-6-16(5,7-2)18-13(10(3)4)14(19)17-12(15(18)20)11-8-9-11/h10-13H,6-9H2,1-5H3,(H,17,19). The van der Waals surface area contributed by atoms with Gasteiger partial charge in [-0.2, -0.15) is 0 Å². The Balaban J connectivity index is 2.37. The van der Waals surface area contributed by atoms with E-state index in [2.05, 4.69) is 26.1 Å². The minimum Gasteiger partial charge on any atom is -0.342 e. The van der Waals surface area contributed by atoms with Crippen LogP contribution in [0.15, 0.2) is 0 Å². The normalized spacial score (nSPS) is 28.0. The molecule has 20 heavy (non-hydrogen) atoms. The van der Waals surface area contributed by atoms with Gasteiger partial charge in [0.2, 0.25) is 11.8 Å². The van der Waals surface area contributed by atoms with Crippen molar-refractivity contribution in [1.82, 2.24) is 10.2 Å². The van der Waals surface area contributed by atoms with Crippen molar-refractivity contribution >= 4 is 11.8 Å². The third kappa shape index (κ3) is 2.45. The molecule has 0 aromatic carbocycles. The second kappa shape index (κ2) is 5.38. The lowest BCUT2D eigenvalue weighted by atomic mass is 9.85. The van der Waals surface area contributed by atoms with Crippen LogP contribution in [0, 0.1) is 11.8 Å². The summed E-state index contributed by atoms with van der Waals surface area (Å²) in [7, 11) is 0. The van der Waals surface area contributed by atoms with E-state index in [1.165, 1.54) is 0 Å². The van der Waals surface area contributed by atoms with Crippen molar-refractivity contribution < 1.29 is 9.59 Å². The van der Waals surface area contributed by atoms with E-state index in [1.807, 2.05) is 18.7 Å². The Morgan fingerprint density at radius 2 is 1.80 bits per heavy atom. The van der Waals surface area contributed by atoms with Gasteiger partial charge in [-0.25, -0.2) is 0 Å². The van der Waals surface area contributed by atoms with E-state index in [-0.39, 0.29) is 35.4 Å². The van der Waals surface area contributed by atoms with Crippen LogP contribution in [0.2, 0.25) is 0 Å². The lowest BCUT2D eigenvalue weighted by Gasteiger charge is -2.50. The zero-order chi connectivity index (χ0) is 15.1. The van der Waals surface area contributed by atoms with E-state index >= 15 is 0 Å². The molecule has 2 fully saturated rings. The van der Waals surface area contributed by atoms with Crippen LogP contribution in [0.25, 0.3) is 0 Å². The molecule has 0 aromatic rings. The quantitative estimate of drug-likeness (QED) is 0.840. The molecule has 2 atom stereocenters. The van der Waals surface area contributed by atoms with E-state index in [4.69, 9.17) is 0 Å². The molecule has 4 heteroatoms. The molecule has 114 valence electrons. The molecule has 1 saturated carbocycles. The van der Waals surface area contributed by atoms with Crippen LogP contribution in [-0.2, 0) is 9.59 Å². The second-order valence-electron chi connectivity index (χ2n) is 6.92. The lowest BCUT2D eigenvalue weighted by molar-refractivity contribution is -0.160. The Morgan fingerprint density at radius 1 is 1.25 bits per heavy atom. The van der Waals surface area contributed by atoms with Crippen LogP contribution >= 0.6 is 0 Å². The smallest absolute Gasteiger partial charge is 0.246 e. The minimum atomic E-state index is -0.331. The average molecular weight is 280 g/mol. The monoisotopic (exact) mass is 280 g/mol. The van der Waals surface area contributed by atoms with Crippen LogP contribution < -0.4 is 5.32 Å². The zero-order valence-corrected chi connectivity index (χ0v) is 13.4. The predicted molar refractivity (Wildman–Crippen MR) is 79.1 cm³/mol. The number of piperazine rings is 1. The number of rotatable bonds is 5. The molecule has 1 aliphatic heterocycles. The molecule has 2 amide bonds. The Bertz CT molecular complexity index is 397. The summed E-state index contributed by atoms with van der Waals surface area (Å²) in [6.45, 7) is 10.4. The van der Waals surface area contributed by atoms with Gasteiger partial charge in [0.15, 0.2) is 0 Å². The molecular weight excluding hydrogens is 252 g/mol. The lowest BCUT2D eigenvalue weighted by Crippen LogP contribution is -2.70. The Labute approximate surface area is 122 Å². The third-order valence-electron chi connectivity index (χ3n) is 5.18. The first-order valence-electron chi connectivity index (χ1n) is 7.99. The number of carbonyl (C=O) groups is 2. The van der Waals surface area contributed by atoms with Gasteiger partial charge < -0.3 is 10.2 Å². The summed E-state index contributed by atoms with van der Waals surface area (Å²) in [5.74, 6) is 0.665. The van der Waals surface area contributed by atoms with E-state index in [0.29, 0.717) is 5.92 Å². The fourth-order valence-corrected chi connectivity index (χ4v) is 3.25. The fraction of sp³-hybridized carbons (Fsp3) is 0.875. The fourth-order valence-electron chi connectivity index (χ4n) is 3.25. The highest BCUT2D eigenvalue weighted by Gasteiger charge is 2.51. The number of nitrogens with one attached hydrogen (secondary N) is 1. The summed E-state index contributed by atoms with van der Waals surface area (Å²) in [5.41, 5.74) is -0.225. The first-order chi connectivity index (χ1) is 9.35. The topological polar surface area (TPSA) is 49.4 Å². The first-order valence-corrected chi connectivity index (χ1v) is 7.99. The summed E-state index contributed by atoms with van der Waals surface area (Å²) in [6, 6.07) is -0.614. The van der Waals surface area contributed by atoms with Crippen LogP contribution in [0.3, 0.4) is 0 Å². The molecule has 1 aliphatic carbocycles. The summed E-state index contributed by atoms with van der Waals surface area (Å²) in [5, 5.41) is 2.98. The van der Waals surface area contributed by atoms with E-state index in [0.717, 1.165) is 25.7 Å². The number of carbonyl (C=O) groups excluding carboxylic acids is 2. The molecule has 1 heterocycles. The van der Waals surface area contributed by atoms with Crippen molar-refractivity contribution in [3.05, 3.63) is 0 Å². The number of hydrogen-bond acceptors (Lipinski definition) is 2. The molecule has 2 aliphatic rings. The number of nitrogens with zero attached hydrogens (tertiary/aromatic N) is 1. The van der Waals surface area contributed by atoms with Gasteiger partial charge in [0.25, 0.3) is 0 Å². The molecule has 0 radical (unpaired) electrons. The number of hydrogen-bond donors (Lipinski definition) is 1. The molecule has 0 bridgehead atoms. The van der Waals surface area contributed by atoms with Crippen LogP contribution in [-0.4, -0.2) is 34.3 Å². The molecule has 2 rings (SSSR count). The Morgan fingerprint density at radius 3 is 2.20 bits per heavy atom. The maximum absolute atomic E-state index is 12.9. The summed E-state index contributed by atoms with van der Waals surface area (Å²) >= 11 is 0. The van der Waals surface area contributed by atoms with Gasteiger partial charge in [-0.15, -0.1) is 0 Å². The van der Waals surface area contributed by atoms with Crippen molar-refractivity contribution in [1.29, 1.82) is 0 Å². The van der Waals surface area contributed by atoms with Gasteiger partial charge in [-0.05, 0) is 44.4 Å². The Kier molecular flexibility index (Phi) is 4.12. The van der Waals surface area contributed by atoms with Crippen LogP contribution in [0.1, 0.15) is 60.3 Å². The van der Waals surface area contributed by atoms with Gasteiger partial charge >= 0.3 is 0 Å². The minimum absolute atomic E-state index is 0.0321. The van der Waals surface area contributed by atoms with Crippen molar-refractivity contribution in [3.63, 3.8) is 0 Å².